The summed E-state index contributed by atoms with van der Waals surface area (Å²) < 4.78 is 11.6. The van der Waals surface area contributed by atoms with Gasteiger partial charge in [-0.2, -0.15) is 0 Å². The number of nitrogens with zero attached hydrogens (tertiary/aromatic N) is 3. The Morgan fingerprint density at radius 1 is 1.31 bits per heavy atom. The maximum atomic E-state index is 13.2. The molecule has 2 amide bonds. The van der Waals surface area contributed by atoms with Crippen LogP contribution in [0.5, 0.6) is 0 Å². The van der Waals surface area contributed by atoms with Crippen LogP contribution in [0.15, 0.2) is 40.9 Å². The summed E-state index contributed by atoms with van der Waals surface area (Å²) in [6, 6.07) is 11.3. The van der Waals surface area contributed by atoms with Crippen molar-refractivity contribution in [3.05, 3.63) is 53.4 Å². The molecule has 3 fully saturated rings. The molecule has 4 heterocycles. The van der Waals surface area contributed by atoms with E-state index in [1.807, 2.05) is 35.2 Å². The summed E-state index contributed by atoms with van der Waals surface area (Å²) in [6.07, 6.45) is 1.64. The van der Waals surface area contributed by atoms with Crippen molar-refractivity contribution >= 4 is 11.8 Å². The minimum Gasteiger partial charge on any atom is -0.361 e. The Balaban J connectivity index is 1.40. The minimum absolute atomic E-state index is 0.0412. The smallest absolute Gasteiger partial charge is 0.276 e. The van der Waals surface area contributed by atoms with Crippen LogP contribution in [-0.4, -0.2) is 51.7 Å². The van der Waals surface area contributed by atoms with Gasteiger partial charge < -0.3 is 19.1 Å². The predicted octanol–water partition coefficient (Wildman–Crippen LogP) is 2.79. The number of ether oxygens (including phenoxy) is 1. The zero-order valence-electron chi connectivity index (χ0n) is 16.7. The van der Waals surface area contributed by atoms with E-state index in [2.05, 4.69) is 19.0 Å². The molecule has 1 aromatic carbocycles. The average molecular weight is 395 g/mol. The molecule has 0 saturated carbocycles. The van der Waals surface area contributed by atoms with Gasteiger partial charge in [0, 0.05) is 25.5 Å². The van der Waals surface area contributed by atoms with E-state index in [9.17, 15) is 9.59 Å². The lowest BCUT2D eigenvalue weighted by Crippen LogP contribution is -2.49. The highest BCUT2D eigenvalue weighted by Gasteiger charge is 2.65. The Morgan fingerprint density at radius 3 is 2.86 bits per heavy atom. The van der Waals surface area contributed by atoms with E-state index < -0.39 is 5.72 Å². The first-order valence-corrected chi connectivity index (χ1v) is 10.3. The van der Waals surface area contributed by atoms with Gasteiger partial charge in [0.1, 0.15) is 5.76 Å². The fourth-order valence-electron chi connectivity index (χ4n) is 5.07. The Kier molecular flexibility index (Phi) is 4.24. The second-order valence-corrected chi connectivity index (χ2v) is 8.59. The average Bonchev–Trinajstić information content (AvgIpc) is 3.44. The molecule has 0 aliphatic carbocycles. The highest BCUT2D eigenvalue weighted by Crippen LogP contribution is 2.51. The molecule has 0 N–H and O–H groups in total. The molecule has 3 atom stereocenters. The third-order valence-electron chi connectivity index (χ3n) is 6.29. The van der Waals surface area contributed by atoms with Crippen molar-refractivity contribution in [2.24, 2.45) is 5.92 Å². The van der Waals surface area contributed by atoms with E-state index in [4.69, 9.17) is 9.26 Å². The van der Waals surface area contributed by atoms with Gasteiger partial charge in [0.25, 0.3) is 5.91 Å². The number of aromatic nitrogens is 1. The summed E-state index contributed by atoms with van der Waals surface area (Å²) in [5, 5.41) is 3.99. The number of rotatable bonds is 4. The van der Waals surface area contributed by atoms with Crippen LogP contribution < -0.4 is 0 Å². The molecule has 3 saturated heterocycles. The third kappa shape index (κ3) is 2.79. The predicted molar refractivity (Wildman–Crippen MR) is 104 cm³/mol. The lowest BCUT2D eigenvalue weighted by molar-refractivity contribution is -0.138. The first-order chi connectivity index (χ1) is 14.0. The Labute approximate surface area is 169 Å². The molecule has 3 aliphatic heterocycles. The number of likely N-dealkylation sites (tertiary alicyclic amines) is 1. The molecule has 5 rings (SSSR count). The number of benzene rings is 1. The molecule has 0 radical (unpaired) electrons. The minimum atomic E-state index is -0.724. The first kappa shape index (κ1) is 18.4. The zero-order chi connectivity index (χ0) is 20.2. The van der Waals surface area contributed by atoms with Gasteiger partial charge in [-0.1, -0.05) is 49.3 Å². The highest BCUT2D eigenvalue weighted by atomic mass is 16.5. The SMILES string of the molecule is CC(C)Cc1cc(C(=O)N2CC[C@@]34OC[C@@H](c5ccccc5)N3C(=O)C[C@@H]24)no1. The molecule has 152 valence electrons. The molecule has 7 nitrogen and oxygen atoms in total. The Morgan fingerprint density at radius 2 is 2.10 bits per heavy atom. The van der Waals surface area contributed by atoms with Crippen LogP contribution in [0, 0.1) is 5.92 Å². The molecule has 2 aromatic rings. The highest BCUT2D eigenvalue weighted by molar-refractivity contribution is 5.94. The zero-order valence-corrected chi connectivity index (χ0v) is 16.7. The van der Waals surface area contributed by atoms with Crippen molar-refractivity contribution in [2.45, 2.75) is 50.9 Å². The number of amides is 2. The van der Waals surface area contributed by atoms with Crippen molar-refractivity contribution in [2.75, 3.05) is 13.2 Å². The van der Waals surface area contributed by atoms with Gasteiger partial charge in [0.15, 0.2) is 11.4 Å². The van der Waals surface area contributed by atoms with Gasteiger partial charge in [0.05, 0.1) is 25.1 Å². The summed E-state index contributed by atoms with van der Waals surface area (Å²) in [6.45, 7) is 5.18. The molecule has 1 spiro atoms. The fraction of sp³-hybridized carbons (Fsp3) is 0.500. The molecule has 1 aromatic heterocycles. The maximum absolute atomic E-state index is 13.2. The van der Waals surface area contributed by atoms with Gasteiger partial charge in [-0.25, -0.2) is 0 Å². The molecule has 0 unspecified atom stereocenters. The van der Waals surface area contributed by atoms with Crippen LogP contribution in [0.4, 0.5) is 0 Å². The first-order valence-electron chi connectivity index (χ1n) is 10.3. The molecular weight excluding hydrogens is 370 g/mol. The van der Waals surface area contributed by atoms with Crippen LogP contribution in [0.3, 0.4) is 0 Å². The van der Waals surface area contributed by atoms with Gasteiger partial charge >= 0.3 is 0 Å². The topological polar surface area (TPSA) is 75.9 Å². The number of carbonyl (C=O) groups excluding carboxylic acids is 2. The monoisotopic (exact) mass is 395 g/mol. The van der Waals surface area contributed by atoms with Gasteiger partial charge in [-0.15, -0.1) is 0 Å². The summed E-state index contributed by atoms with van der Waals surface area (Å²) in [5.74, 6) is 0.984. The summed E-state index contributed by atoms with van der Waals surface area (Å²) >= 11 is 0. The van der Waals surface area contributed by atoms with E-state index in [0.717, 1.165) is 12.0 Å². The molecule has 0 bridgehead atoms. The summed E-state index contributed by atoms with van der Waals surface area (Å²) in [5.41, 5.74) is 0.650. The fourth-order valence-corrected chi connectivity index (χ4v) is 5.07. The number of carbonyl (C=O) groups is 2. The van der Waals surface area contributed by atoms with E-state index in [1.165, 1.54) is 0 Å². The van der Waals surface area contributed by atoms with Gasteiger partial charge in [-0.05, 0) is 11.5 Å². The summed E-state index contributed by atoms with van der Waals surface area (Å²) in [7, 11) is 0. The lowest BCUT2D eigenvalue weighted by Gasteiger charge is -2.33. The van der Waals surface area contributed by atoms with Crippen LogP contribution in [0.1, 0.15) is 54.5 Å². The van der Waals surface area contributed by atoms with Crippen LogP contribution in [-0.2, 0) is 16.0 Å². The lowest BCUT2D eigenvalue weighted by atomic mass is 10.0. The Hall–Kier alpha value is -2.67. The van der Waals surface area contributed by atoms with E-state index in [1.54, 1.807) is 11.0 Å². The number of hydrogen-bond donors (Lipinski definition) is 0. The normalized spacial score (nSPS) is 28.3. The van der Waals surface area contributed by atoms with Gasteiger partial charge in [0.2, 0.25) is 5.91 Å². The second kappa shape index (κ2) is 6.69. The van der Waals surface area contributed by atoms with Crippen LogP contribution in [0.25, 0.3) is 0 Å². The summed E-state index contributed by atoms with van der Waals surface area (Å²) in [4.78, 5) is 29.7. The molecular formula is C22H25N3O4. The third-order valence-corrected chi connectivity index (χ3v) is 6.29. The second-order valence-electron chi connectivity index (χ2n) is 8.59. The van der Waals surface area contributed by atoms with Crippen LogP contribution >= 0.6 is 0 Å². The van der Waals surface area contributed by atoms with Crippen molar-refractivity contribution < 1.29 is 18.8 Å². The quantitative estimate of drug-likeness (QED) is 0.796. The largest absolute Gasteiger partial charge is 0.361 e. The molecule has 3 aliphatic rings. The van der Waals surface area contributed by atoms with Crippen molar-refractivity contribution in [3.8, 4) is 0 Å². The van der Waals surface area contributed by atoms with Crippen molar-refractivity contribution in [1.29, 1.82) is 0 Å². The maximum Gasteiger partial charge on any atom is 0.276 e. The standard InChI is InChI=1S/C22H25N3O4/c1-14(2)10-16-11-17(23-29-16)21(27)24-9-8-22-19(24)12-20(26)25(22)18(13-28-22)15-6-4-3-5-7-15/h3-7,11,14,18-19H,8-10,12-13H2,1-2H3/t18-,19+,22-/m0/s1. The Bertz CT molecular complexity index is 941. The van der Waals surface area contributed by atoms with E-state index in [0.29, 0.717) is 36.9 Å². The van der Waals surface area contributed by atoms with Crippen molar-refractivity contribution in [3.63, 3.8) is 0 Å². The van der Waals surface area contributed by atoms with Gasteiger partial charge in [-0.3, -0.25) is 9.59 Å². The number of hydrogen-bond acceptors (Lipinski definition) is 5. The molecule has 7 heteroatoms. The van der Waals surface area contributed by atoms with Crippen LogP contribution in [0.2, 0.25) is 0 Å². The van der Waals surface area contributed by atoms with E-state index >= 15 is 0 Å². The molecule has 29 heavy (non-hydrogen) atoms. The van der Waals surface area contributed by atoms with E-state index in [-0.39, 0.29) is 30.3 Å². The van der Waals surface area contributed by atoms with Crippen molar-refractivity contribution in [1.82, 2.24) is 15.0 Å².